The van der Waals surface area contributed by atoms with Gasteiger partial charge in [-0.15, -0.1) is 5.10 Å². The predicted octanol–water partition coefficient (Wildman–Crippen LogP) is 6.46. The number of hydrogen-bond acceptors (Lipinski definition) is 6. The highest BCUT2D eigenvalue weighted by Gasteiger charge is 2.23. The number of carbonyl (C=O) groups is 1. The molecule has 1 atom stereocenters. The summed E-state index contributed by atoms with van der Waals surface area (Å²) in [5.41, 5.74) is 5.04. The number of Topliss-reactive ketones (excluding diaryl/α,β-unsaturated/α-hetero) is 1. The van der Waals surface area contributed by atoms with Crippen molar-refractivity contribution < 1.29 is 4.79 Å². The lowest BCUT2D eigenvalue weighted by molar-refractivity contribution is -0.121. The molecule has 0 N–H and O–H groups in total. The molecular weight excluding hydrogens is 583 g/mol. The average molecular weight is 608 g/mol. The summed E-state index contributed by atoms with van der Waals surface area (Å²) in [5, 5.41) is 8.56. The summed E-state index contributed by atoms with van der Waals surface area (Å²) in [5.74, 6) is -0.0992. The number of rotatable bonds is 9. The molecule has 6 aromatic rings. The molecule has 10 heteroatoms. The molecule has 0 radical (unpaired) electrons. The van der Waals surface area contributed by atoms with Crippen molar-refractivity contribution in [2.45, 2.75) is 18.9 Å². The maximum Gasteiger partial charge on any atom is 0.254 e. The Balaban J connectivity index is 1.32. The van der Waals surface area contributed by atoms with Gasteiger partial charge in [-0.1, -0.05) is 83.0 Å². The molecule has 43 heavy (non-hydrogen) atoms. The van der Waals surface area contributed by atoms with Crippen LogP contribution in [0.25, 0.3) is 28.1 Å². The summed E-state index contributed by atoms with van der Waals surface area (Å²) >= 11 is 12.3. The van der Waals surface area contributed by atoms with Crippen LogP contribution in [-0.2, 0) is 17.6 Å². The van der Waals surface area contributed by atoms with Crippen LogP contribution in [-0.4, -0.2) is 35.3 Å². The lowest BCUT2D eigenvalue weighted by atomic mass is 9.96. The number of carbonyl (C=O) groups excluding carboxylic acids is 1. The molecule has 3 aromatic heterocycles. The molecule has 0 aliphatic heterocycles. The Morgan fingerprint density at radius 2 is 1.58 bits per heavy atom. The van der Waals surface area contributed by atoms with Crippen LogP contribution in [0.3, 0.4) is 0 Å². The quantitative estimate of drug-likeness (QED) is 0.187. The molecule has 0 unspecified atom stereocenters. The number of aromatic nitrogens is 6. The van der Waals surface area contributed by atoms with Gasteiger partial charge in [0.15, 0.2) is 10.9 Å². The van der Waals surface area contributed by atoms with Crippen LogP contribution in [0.4, 0.5) is 0 Å². The summed E-state index contributed by atoms with van der Waals surface area (Å²) in [6, 6.07) is 27.1. The van der Waals surface area contributed by atoms with Gasteiger partial charge in [-0.25, -0.2) is 9.67 Å². The third-order valence-corrected chi connectivity index (χ3v) is 7.52. The monoisotopic (exact) mass is 606 g/mol. The molecule has 0 amide bonds. The SMILES string of the molecule is O=C(Cc1ccc(-c2ccncc2)cc1)[C@H](Cc1ccccc1)n1cnc(-c2cc(Cl)ccc2-n2cc(Cl)nn2)cc1=O. The first-order valence-corrected chi connectivity index (χ1v) is 14.2. The summed E-state index contributed by atoms with van der Waals surface area (Å²) in [4.78, 5) is 36.1. The maximum absolute atomic E-state index is 13.8. The smallest absolute Gasteiger partial charge is 0.254 e. The minimum Gasteiger partial charge on any atom is -0.297 e. The van der Waals surface area contributed by atoms with Crippen molar-refractivity contribution in [2.75, 3.05) is 0 Å². The third-order valence-electron chi connectivity index (χ3n) is 7.11. The van der Waals surface area contributed by atoms with E-state index in [4.69, 9.17) is 23.2 Å². The van der Waals surface area contributed by atoms with E-state index in [-0.39, 0.29) is 22.9 Å². The summed E-state index contributed by atoms with van der Waals surface area (Å²) in [7, 11) is 0. The molecule has 8 nitrogen and oxygen atoms in total. The van der Waals surface area contributed by atoms with E-state index in [1.165, 1.54) is 21.6 Å². The Labute approximate surface area is 257 Å². The Hall–Kier alpha value is -4.92. The number of hydrogen-bond donors (Lipinski definition) is 0. The van der Waals surface area contributed by atoms with Gasteiger partial charge in [0.2, 0.25) is 0 Å². The third kappa shape index (κ3) is 6.45. The Kier molecular flexibility index (Phi) is 8.22. The highest BCUT2D eigenvalue weighted by Crippen LogP contribution is 2.28. The number of nitrogens with zero attached hydrogens (tertiary/aromatic N) is 6. The Morgan fingerprint density at radius 1 is 0.837 bits per heavy atom. The largest absolute Gasteiger partial charge is 0.297 e. The van der Waals surface area contributed by atoms with Crippen molar-refractivity contribution >= 4 is 29.0 Å². The molecular formula is C33H24Cl2N6O2. The van der Waals surface area contributed by atoms with Crippen molar-refractivity contribution in [3.63, 3.8) is 0 Å². The molecule has 0 saturated carbocycles. The van der Waals surface area contributed by atoms with Gasteiger partial charge in [0, 0.05) is 41.9 Å². The van der Waals surface area contributed by atoms with Crippen LogP contribution < -0.4 is 5.56 Å². The van der Waals surface area contributed by atoms with Crippen molar-refractivity contribution in [2.24, 2.45) is 0 Å². The fraction of sp³-hybridized carbons (Fsp3) is 0.0909. The zero-order valence-electron chi connectivity index (χ0n) is 22.7. The minimum absolute atomic E-state index is 0.0992. The van der Waals surface area contributed by atoms with Gasteiger partial charge in [-0.3, -0.25) is 19.1 Å². The van der Waals surface area contributed by atoms with Gasteiger partial charge in [-0.05, 0) is 52.6 Å². The molecule has 3 heterocycles. The van der Waals surface area contributed by atoms with E-state index in [9.17, 15) is 9.59 Å². The number of ketones is 1. The maximum atomic E-state index is 13.8. The van der Waals surface area contributed by atoms with Gasteiger partial charge in [0.1, 0.15) is 6.04 Å². The van der Waals surface area contributed by atoms with E-state index in [0.717, 1.165) is 22.3 Å². The predicted molar refractivity (Wildman–Crippen MR) is 166 cm³/mol. The van der Waals surface area contributed by atoms with Crippen molar-refractivity contribution in [1.82, 2.24) is 29.5 Å². The molecule has 0 fully saturated rings. The van der Waals surface area contributed by atoms with Crippen molar-refractivity contribution in [3.8, 4) is 28.1 Å². The summed E-state index contributed by atoms with van der Waals surface area (Å²) < 4.78 is 2.89. The van der Waals surface area contributed by atoms with Crippen LogP contribution in [0.5, 0.6) is 0 Å². The van der Waals surface area contributed by atoms with E-state index in [2.05, 4.69) is 20.3 Å². The Bertz CT molecular complexity index is 1940. The number of pyridine rings is 1. The topological polar surface area (TPSA) is 95.6 Å². The van der Waals surface area contributed by atoms with Crippen LogP contribution in [0.15, 0.2) is 121 Å². The van der Waals surface area contributed by atoms with Gasteiger partial charge in [-0.2, -0.15) is 0 Å². The second-order valence-electron chi connectivity index (χ2n) is 9.95. The first-order chi connectivity index (χ1) is 20.9. The van der Waals surface area contributed by atoms with Crippen LogP contribution >= 0.6 is 23.2 Å². The highest BCUT2D eigenvalue weighted by atomic mass is 35.5. The molecule has 0 spiro atoms. The van der Waals surface area contributed by atoms with Gasteiger partial charge in [0.25, 0.3) is 5.56 Å². The Morgan fingerprint density at radius 3 is 2.28 bits per heavy atom. The molecule has 212 valence electrons. The van der Waals surface area contributed by atoms with E-state index in [1.807, 2.05) is 66.7 Å². The average Bonchev–Trinajstić information content (AvgIpc) is 3.47. The van der Waals surface area contributed by atoms with E-state index < -0.39 is 6.04 Å². The lowest BCUT2D eigenvalue weighted by Gasteiger charge is -2.19. The van der Waals surface area contributed by atoms with Crippen LogP contribution in [0, 0.1) is 0 Å². The molecule has 0 bridgehead atoms. The fourth-order valence-electron chi connectivity index (χ4n) is 4.95. The van der Waals surface area contributed by atoms with Crippen molar-refractivity contribution in [1.29, 1.82) is 0 Å². The van der Waals surface area contributed by atoms with Crippen LogP contribution in [0.2, 0.25) is 10.2 Å². The van der Waals surface area contributed by atoms with Gasteiger partial charge < -0.3 is 0 Å². The van der Waals surface area contributed by atoms with E-state index in [1.54, 1.807) is 36.8 Å². The first-order valence-electron chi connectivity index (χ1n) is 13.5. The molecule has 0 aliphatic rings. The van der Waals surface area contributed by atoms with Crippen LogP contribution in [0.1, 0.15) is 17.2 Å². The summed E-state index contributed by atoms with van der Waals surface area (Å²) in [6.45, 7) is 0. The molecule has 0 saturated heterocycles. The van der Waals surface area contributed by atoms with E-state index >= 15 is 0 Å². The molecule has 3 aromatic carbocycles. The summed E-state index contributed by atoms with van der Waals surface area (Å²) in [6.07, 6.45) is 6.97. The van der Waals surface area contributed by atoms with Crippen molar-refractivity contribution in [3.05, 3.63) is 148 Å². The highest BCUT2D eigenvalue weighted by molar-refractivity contribution is 6.31. The van der Waals surface area contributed by atoms with Gasteiger partial charge >= 0.3 is 0 Å². The zero-order chi connectivity index (χ0) is 29.8. The first kappa shape index (κ1) is 28.2. The number of halogens is 2. The normalized spacial score (nSPS) is 11.8. The second-order valence-corrected chi connectivity index (χ2v) is 10.8. The molecule has 0 aliphatic carbocycles. The van der Waals surface area contributed by atoms with E-state index in [0.29, 0.717) is 28.4 Å². The minimum atomic E-state index is -0.760. The lowest BCUT2D eigenvalue weighted by Crippen LogP contribution is -2.32. The van der Waals surface area contributed by atoms with Gasteiger partial charge in [0.05, 0.1) is 23.9 Å². The standard InChI is InChI=1S/C33H24Cl2N6O2/c34-26-10-11-29(41-20-32(35)38-39-41)27(18-26)28-19-33(43)40(21-37-28)30(16-22-4-2-1-3-5-22)31(42)17-23-6-8-24(9-7-23)25-12-14-36-15-13-25/h1-15,18-21,30H,16-17H2/t30-/m0/s1. The fourth-order valence-corrected chi connectivity index (χ4v) is 5.25. The second kappa shape index (κ2) is 12.5. The zero-order valence-corrected chi connectivity index (χ0v) is 24.2. The number of benzene rings is 3. The molecule has 6 rings (SSSR count).